The van der Waals surface area contributed by atoms with Crippen molar-refractivity contribution >= 4 is 64.1 Å². The van der Waals surface area contributed by atoms with Crippen LogP contribution >= 0.6 is 46.2 Å². The number of nitrogens with one attached hydrogen (secondary N) is 1. The highest BCUT2D eigenvalue weighted by Gasteiger charge is 2.31. The Hall–Kier alpha value is -1.73. The fraction of sp³-hybridized carbons (Fsp3) is 0.645. The third kappa shape index (κ3) is 13.4. The van der Waals surface area contributed by atoms with Crippen LogP contribution in [0.3, 0.4) is 0 Å². The summed E-state index contributed by atoms with van der Waals surface area (Å²) >= 11 is 7.20. The van der Waals surface area contributed by atoms with Gasteiger partial charge in [0.2, 0.25) is 11.8 Å². The van der Waals surface area contributed by atoms with Gasteiger partial charge in [-0.1, -0.05) is 12.1 Å². The molecule has 2 saturated heterocycles. The van der Waals surface area contributed by atoms with Crippen molar-refractivity contribution in [2.75, 3.05) is 50.8 Å². The number of ether oxygens (including phenoxy) is 1. The molecule has 240 valence electrons. The zero-order chi connectivity index (χ0) is 31.2. The van der Waals surface area contributed by atoms with E-state index in [0.717, 1.165) is 56.8 Å². The lowest BCUT2D eigenvalue weighted by Crippen LogP contribution is -2.50. The van der Waals surface area contributed by atoms with Crippen LogP contribution in [0.25, 0.3) is 0 Å². The fourth-order valence-corrected chi connectivity index (χ4v) is 8.52. The van der Waals surface area contributed by atoms with Gasteiger partial charge < -0.3 is 24.8 Å². The lowest BCUT2D eigenvalue weighted by atomic mass is 10.0. The van der Waals surface area contributed by atoms with E-state index >= 15 is 0 Å². The minimum absolute atomic E-state index is 0.107. The van der Waals surface area contributed by atoms with Crippen molar-refractivity contribution in [2.24, 2.45) is 0 Å². The van der Waals surface area contributed by atoms with E-state index in [1.807, 2.05) is 53.3 Å². The molecule has 0 atom stereocenters. The predicted octanol–water partition coefficient (Wildman–Crippen LogP) is 6.53. The minimum atomic E-state index is -0.504. The second-order valence-electron chi connectivity index (χ2n) is 11.7. The van der Waals surface area contributed by atoms with Crippen LogP contribution in [0.4, 0.5) is 4.79 Å². The summed E-state index contributed by atoms with van der Waals surface area (Å²) in [6.45, 7) is 13.9. The highest BCUT2D eigenvalue weighted by atomic mass is 32.2. The van der Waals surface area contributed by atoms with Gasteiger partial charge in [0.15, 0.2) is 0 Å². The standard InChI is InChI=1S/C18H28N2O3S2.C13H20N2OS2/c1-14(21)19-9-7-15(8-10-19)20(17(22)23-18(2,3)4)11-13-25-16-6-5-12-24-16;1-11(16)15-7-4-12(5-8-15)14-6-10-18-13-3-2-9-17-13/h5-6,12,15H,7-11,13H2,1-4H3;2-3,9,12,14H,4-8,10H2,1H3. The molecule has 0 spiro atoms. The Kier molecular flexibility index (Phi) is 15.2. The molecule has 0 aromatic carbocycles. The number of rotatable bonds is 10. The second kappa shape index (κ2) is 18.3. The summed E-state index contributed by atoms with van der Waals surface area (Å²) in [7, 11) is 0. The highest BCUT2D eigenvalue weighted by molar-refractivity contribution is 8.01. The van der Waals surface area contributed by atoms with Crippen LogP contribution in [0, 0.1) is 0 Å². The summed E-state index contributed by atoms with van der Waals surface area (Å²) in [5.41, 5.74) is -0.504. The first-order chi connectivity index (χ1) is 20.5. The van der Waals surface area contributed by atoms with Gasteiger partial charge in [-0.3, -0.25) is 9.59 Å². The fourth-order valence-electron chi connectivity index (χ4n) is 4.98. The maximum atomic E-state index is 12.7. The summed E-state index contributed by atoms with van der Waals surface area (Å²) in [5.74, 6) is 2.28. The molecule has 0 unspecified atom stereocenters. The number of thiophene rings is 2. The van der Waals surface area contributed by atoms with Gasteiger partial charge in [0.05, 0.1) is 8.42 Å². The quantitative estimate of drug-likeness (QED) is 0.228. The maximum absolute atomic E-state index is 12.7. The Balaban J connectivity index is 0.000000248. The molecule has 0 radical (unpaired) electrons. The number of thioether (sulfide) groups is 2. The zero-order valence-electron chi connectivity index (χ0n) is 26.2. The molecule has 4 rings (SSSR count). The van der Waals surface area contributed by atoms with Gasteiger partial charge in [-0.25, -0.2) is 4.79 Å². The number of hydrogen-bond donors (Lipinski definition) is 1. The van der Waals surface area contributed by atoms with E-state index in [0.29, 0.717) is 25.7 Å². The Morgan fingerprint density at radius 2 is 1.40 bits per heavy atom. The smallest absolute Gasteiger partial charge is 0.410 e. The first kappa shape index (κ1) is 35.7. The number of carbonyl (C=O) groups excluding carboxylic acids is 3. The summed E-state index contributed by atoms with van der Waals surface area (Å²) < 4.78 is 8.27. The average Bonchev–Trinajstić information content (AvgIpc) is 3.68. The van der Waals surface area contributed by atoms with Gasteiger partial charge in [-0.05, 0) is 69.3 Å². The molecule has 2 aromatic rings. The van der Waals surface area contributed by atoms with E-state index in [-0.39, 0.29) is 23.9 Å². The third-order valence-corrected chi connectivity index (χ3v) is 11.5. The molecule has 2 fully saturated rings. The summed E-state index contributed by atoms with van der Waals surface area (Å²) in [6, 6.07) is 9.12. The molecular formula is C31H48N4O4S4. The molecule has 43 heavy (non-hydrogen) atoms. The molecule has 0 bridgehead atoms. The molecule has 3 amide bonds. The molecule has 2 aliphatic rings. The molecular weight excluding hydrogens is 621 g/mol. The van der Waals surface area contributed by atoms with Crippen LogP contribution in [0.5, 0.6) is 0 Å². The van der Waals surface area contributed by atoms with Crippen molar-refractivity contribution in [1.82, 2.24) is 20.0 Å². The molecule has 12 heteroatoms. The van der Waals surface area contributed by atoms with Gasteiger partial charge in [0, 0.05) is 76.7 Å². The minimum Gasteiger partial charge on any atom is -0.444 e. The Labute approximate surface area is 274 Å². The molecule has 2 aliphatic heterocycles. The van der Waals surface area contributed by atoms with Crippen LogP contribution in [0.1, 0.15) is 60.3 Å². The van der Waals surface area contributed by atoms with Crippen LogP contribution in [-0.4, -0.2) is 101 Å². The monoisotopic (exact) mass is 668 g/mol. The molecule has 4 heterocycles. The van der Waals surface area contributed by atoms with E-state index in [1.54, 1.807) is 48.3 Å². The molecule has 1 N–H and O–H groups in total. The van der Waals surface area contributed by atoms with Crippen LogP contribution in [0.15, 0.2) is 43.4 Å². The lowest BCUT2D eigenvalue weighted by Gasteiger charge is -2.38. The molecule has 8 nitrogen and oxygen atoms in total. The van der Waals surface area contributed by atoms with E-state index in [1.165, 1.54) is 8.42 Å². The van der Waals surface area contributed by atoms with E-state index < -0.39 is 5.60 Å². The highest BCUT2D eigenvalue weighted by Crippen LogP contribution is 2.26. The Morgan fingerprint density at radius 1 is 0.884 bits per heavy atom. The number of nitrogens with zero attached hydrogens (tertiary/aromatic N) is 3. The number of piperidine rings is 2. The van der Waals surface area contributed by atoms with Crippen LogP contribution in [-0.2, 0) is 14.3 Å². The first-order valence-corrected chi connectivity index (χ1v) is 18.8. The van der Waals surface area contributed by atoms with Gasteiger partial charge in [-0.15, -0.1) is 46.2 Å². The topological polar surface area (TPSA) is 82.2 Å². The second-order valence-corrected chi connectivity index (χ2v) is 16.4. The van der Waals surface area contributed by atoms with Crippen molar-refractivity contribution in [3.63, 3.8) is 0 Å². The Morgan fingerprint density at radius 3 is 1.86 bits per heavy atom. The number of hydrogen-bond acceptors (Lipinski definition) is 9. The maximum Gasteiger partial charge on any atom is 0.410 e. The van der Waals surface area contributed by atoms with E-state index in [4.69, 9.17) is 4.74 Å². The molecule has 0 saturated carbocycles. The first-order valence-electron chi connectivity index (χ1n) is 15.1. The lowest BCUT2D eigenvalue weighted by molar-refractivity contribution is -0.131. The number of amides is 3. The molecule has 0 aliphatic carbocycles. The van der Waals surface area contributed by atoms with E-state index in [2.05, 4.69) is 34.3 Å². The van der Waals surface area contributed by atoms with Gasteiger partial charge in [0.25, 0.3) is 0 Å². The molecule has 2 aromatic heterocycles. The van der Waals surface area contributed by atoms with Crippen molar-refractivity contribution < 1.29 is 19.1 Å². The normalized spacial score (nSPS) is 16.4. The average molecular weight is 669 g/mol. The summed E-state index contributed by atoms with van der Waals surface area (Å²) in [5, 5.41) is 7.77. The summed E-state index contributed by atoms with van der Waals surface area (Å²) in [6.07, 6.45) is 3.54. The predicted molar refractivity (Wildman–Crippen MR) is 182 cm³/mol. The van der Waals surface area contributed by atoms with Crippen molar-refractivity contribution in [1.29, 1.82) is 0 Å². The largest absolute Gasteiger partial charge is 0.444 e. The summed E-state index contributed by atoms with van der Waals surface area (Å²) in [4.78, 5) is 41.1. The van der Waals surface area contributed by atoms with Gasteiger partial charge >= 0.3 is 6.09 Å². The van der Waals surface area contributed by atoms with Gasteiger partial charge in [0.1, 0.15) is 5.60 Å². The van der Waals surface area contributed by atoms with Crippen LogP contribution in [0.2, 0.25) is 0 Å². The van der Waals surface area contributed by atoms with Crippen molar-refractivity contribution in [3.05, 3.63) is 35.0 Å². The van der Waals surface area contributed by atoms with Crippen molar-refractivity contribution in [2.45, 2.75) is 86.4 Å². The number of likely N-dealkylation sites (tertiary alicyclic amines) is 2. The zero-order valence-corrected chi connectivity index (χ0v) is 29.5. The third-order valence-electron chi connectivity index (χ3n) is 7.26. The van der Waals surface area contributed by atoms with Crippen molar-refractivity contribution in [3.8, 4) is 0 Å². The SMILES string of the molecule is CC(=O)N1CCC(N(CCSc2cccs2)C(=O)OC(C)(C)C)CC1.CC(=O)N1CCC(NCCSc2cccs2)CC1. The van der Waals surface area contributed by atoms with Crippen LogP contribution < -0.4 is 5.32 Å². The van der Waals surface area contributed by atoms with E-state index in [9.17, 15) is 14.4 Å². The van der Waals surface area contributed by atoms with Gasteiger partial charge in [-0.2, -0.15) is 0 Å². The number of carbonyl (C=O) groups is 3. The Bertz CT molecular complexity index is 1090.